The highest BCUT2D eigenvalue weighted by Gasteiger charge is 2.53. The van der Waals surface area contributed by atoms with E-state index in [2.05, 4.69) is 0 Å². The van der Waals surface area contributed by atoms with Crippen LogP contribution in [0, 0.1) is 11.6 Å². The molecule has 1 saturated carbocycles. The van der Waals surface area contributed by atoms with E-state index in [1.165, 1.54) is 12.1 Å². The lowest BCUT2D eigenvalue weighted by molar-refractivity contribution is -0.164. The first kappa shape index (κ1) is 22.5. The van der Waals surface area contributed by atoms with Crippen molar-refractivity contribution in [3.05, 3.63) is 53.7 Å². The number of phenolic OH excluding ortho intramolecular Hbond substituents is 1. The Kier molecular flexibility index (Phi) is 5.59. The Balaban J connectivity index is 1.67. The number of aliphatic carboxylic acids is 1. The number of alkyl halides is 1. The molecule has 1 saturated heterocycles. The number of halogens is 3. The number of carbonyl (C=O) groups is 1. The molecule has 178 valence electrons. The molecule has 2 N–H and O–H groups in total. The van der Waals surface area contributed by atoms with Gasteiger partial charge < -0.3 is 19.7 Å². The fourth-order valence-electron chi connectivity index (χ4n) is 4.72. The molecule has 2 fully saturated rings. The predicted octanol–water partition coefficient (Wildman–Crippen LogP) is 5.11. The zero-order chi connectivity index (χ0) is 24.0. The quantitative estimate of drug-likeness (QED) is 0.535. The lowest BCUT2D eigenvalue weighted by Gasteiger charge is -2.37. The molecule has 2 aromatic carbocycles. The first-order chi connectivity index (χ1) is 16.3. The van der Waals surface area contributed by atoms with Crippen LogP contribution in [0.5, 0.6) is 11.6 Å². The van der Waals surface area contributed by atoms with Crippen molar-refractivity contribution in [2.75, 3.05) is 13.2 Å². The molecular formula is C25H22F3NO5. The van der Waals surface area contributed by atoms with Crippen LogP contribution in [0.25, 0.3) is 21.9 Å². The number of aromatic nitrogens is 1. The second kappa shape index (κ2) is 8.47. The highest BCUT2D eigenvalue weighted by atomic mass is 19.2. The van der Waals surface area contributed by atoms with E-state index in [4.69, 9.17) is 19.6 Å². The summed E-state index contributed by atoms with van der Waals surface area (Å²) in [6.07, 6.45) is -0.117. The molecule has 34 heavy (non-hydrogen) atoms. The number of nitrogens with zero attached hydrogens (tertiary/aromatic N) is 1. The van der Waals surface area contributed by atoms with Crippen LogP contribution in [-0.2, 0) is 9.53 Å². The number of fused-ring (bicyclic) bond motifs is 1. The summed E-state index contributed by atoms with van der Waals surface area (Å²) in [4.78, 5) is 15.8. The van der Waals surface area contributed by atoms with E-state index in [0.29, 0.717) is 48.3 Å². The van der Waals surface area contributed by atoms with E-state index in [1.807, 2.05) is 0 Å². The summed E-state index contributed by atoms with van der Waals surface area (Å²) >= 11 is 0. The van der Waals surface area contributed by atoms with Crippen molar-refractivity contribution in [1.29, 1.82) is 0 Å². The Bertz CT molecular complexity index is 1270. The van der Waals surface area contributed by atoms with E-state index >= 15 is 0 Å². The molecule has 1 aliphatic carbocycles. The van der Waals surface area contributed by atoms with Crippen LogP contribution in [0.1, 0.15) is 37.3 Å². The van der Waals surface area contributed by atoms with Gasteiger partial charge in [0.2, 0.25) is 11.5 Å². The summed E-state index contributed by atoms with van der Waals surface area (Å²) in [5.41, 5.74) is -0.834. The normalized spacial score (nSPS) is 23.0. The molecule has 2 aliphatic rings. The molecule has 0 amide bonds. The Morgan fingerprint density at radius 1 is 1.12 bits per heavy atom. The van der Waals surface area contributed by atoms with Crippen LogP contribution in [-0.4, -0.2) is 46.2 Å². The molecular weight excluding hydrogens is 451 g/mol. The van der Waals surface area contributed by atoms with Gasteiger partial charge in [-0.15, -0.1) is 0 Å². The van der Waals surface area contributed by atoms with Crippen molar-refractivity contribution in [2.24, 2.45) is 0 Å². The van der Waals surface area contributed by atoms with Gasteiger partial charge in [0.15, 0.2) is 11.6 Å². The van der Waals surface area contributed by atoms with Gasteiger partial charge in [-0.1, -0.05) is 18.2 Å². The number of ether oxygens (including phenoxy) is 2. The van der Waals surface area contributed by atoms with E-state index in [1.54, 1.807) is 12.1 Å². The Morgan fingerprint density at radius 2 is 1.85 bits per heavy atom. The highest BCUT2D eigenvalue weighted by molar-refractivity contribution is 6.03. The average molecular weight is 473 g/mol. The third-order valence-electron chi connectivity index (χ3n) is 6.58. The number of benzene rings is 2. The van der Waals surface area contributed by atoms with Gasteiger partial charge in [-0.25, -0.2) is 22.9 Å². The van der Waals surface area contributed by atoms with Crippen LogP contribution in [0.3, 0.4) is 0 Å². The van der Waals surface area contributed by atoms with Gasteiger partial charge in [-0.3, -0.25) is 0 Å². The molecule has 3 aromatic rings. The third-order valence-corrected chi connectivity index (χ3v) is 6.58. The molecule has 9 heteroatoms. The van der Waals surface area contributed by atoms with Crippen LogP contribution < -0.4 is 4.74 Å². The van der Waals surface area contributed by atoms with Crippen LogP contribution in [0.15, 0.2) is 36.4 Å². The summed E-state index contributed by atoms with van der Waals surface area (Å²) in [5, 5.41) is 20.5. The lowest BCUT2D eigenvalue weighted by atomic mass is 9.79. The number of carboxylic acids is 1. The summed E-state index contributed by atoms with van der Waals surface area (Å²) in [5.74, 6) is -3.69. The molecule has 0 bridgehead atoms. The molecule has 2 heterocycles. The number of hydrogen-bond donors (Lipinski definition) is 2. The third kappa shape index (κ3) is 3.83. The molecule has 0 unspecified atom stereocenters. The van der Waals surface area contributed by atoms with Gasteiger partial charge >= 0.3 is 5.97 Å². The summed E-state index contributed by atoms with van der Waals surface area (Å²) in [6, 6.07) is 8.38. The van der Waals surface area contributed by atoms with Gasteiger partial charge in [-0.05, 0) is 36.6 Å². The molecule has 1 aromatic heterocycles. The van der Waals surface area contributed by atoms with E-state index in [0.717, 1.165) is 12.1 Å². The number of pyridine rings is 1. The lowest BCUT2D eigenvalue weighted by Crippen LogP contribution is -2.52. The van der Waals surface area contributed by atoms with E-state index in [-0.39, 0.29) is 35.8 Å². The standard InChI is InChI=1S/C25H22F3NO5/c26-17-5-4-14(10-18(17)27)20-16-2-1-3-19(30)21(16)23(29-22(20)13-6-8-33-9-7-13)34-15-11-25(28,12-15)24(31)32/h1-5,10,13,15,30H,6-9,11-12H2,(H,31,32). The first-order valence-corrected chi connectivity index (χ1v) is 11.0. The second-order valence-corrected chi connectivity index (χ2v) is 8.81. The molecule has 0 atom stereocenters. The van der Waals surface area contributed by atoms with Crippen molar-refractivity contribution < 1.29 is 37.7 Å². The summed E-state index contributed by atoms with van der Waals surface area (Å²) in [6.45, 7) is 1.01. The van der Waals surface area contributed by atoms with Crippen LogP contribution in [0.4, 0.5) is 13.2 Å². The topological polar surface area (TPSA) is 88.9 Å². The van der Waals surface area contributed by atoms with E-state index < -0.39 is 29.4 Å². The van der Waals surface area contributed by atoms with Crippen molar-refractivity contribution in [2.45, 2.75) is 43.4 Å². The fraction of sp³-hybridized carbons (Fsp3) is 0.360. The number of hydrogen-bond acceptors (Lipinski definition) is 5. The predicted molar refractivity (Wildman–Crippen MR) is 117 cm³/mol. The van der Waals surface area contributed by atoms with Gasteiger partial charge in [0.25, 0.3) is 0 Å². The van der Waals surface area contributed by atoms with Gasteiger partial charge in [0.1, 0.15) is 11.9 Å². The highest BCUT2D eigenvalue weighted by Crippen LogP contribution is 2.46. The number of carboxylic acid groups (broad SMARTS) is 1. The van der Waals surface area contributed by atoms with E-state index in [9.17, 15) is 23.1 Å². The van der Waals surface area contributed by atoms with Crippen molar-refractivity contribution >= 4 is 16.7 Å². The summed E-state index contributed by atoms with van der Waals surface area (Å²) in [7, 11) is 0. The van der Waals surface area contributed by atoms with Gasteiger partial charge in [0, 0.05) is 42.9 Å². The molecule has 0 spiro atoms. The minimum Gasteiger partial charge on any atom is -0.507 e. The minimum atomic E-state index is -2.35. The number of aromatic hydroxyl groups is 1. The number of phenols is 1. The Labute approximate surface area is 193 Å². The maximum atomic E-state index is 14.3. The summed E-state index contributed by atoms with van der Waals surface area (Å²) < 4.78 is 53.5. The number of rotatable bonds is 5. The minimum absolute atomic E-state index is 0.0540. The first-order valence-electron chi connectivity index (χ1n) is 11.0. The molecule has 5 rings (SSSR count). The average Bonchev–Trinajstić information content (AvgIpc) is 2.80. The van der Waals surface area contributed by atoms with Crippen LogP contribution >= 0.6 is 0 Å². The van der Waals surface area contributed by atoms with Gasteiger partial charge in [0.05, 0.1) is 11.1 Å². The van der Waals surface area contributed by atoms with Crippen molar-refractivity contribution in [3.63, 3.8) is 0 Å². The second-order valence-electron chi connectivity index (χ2n) is 8.81. The largest absolute Gasteiger partial charge is 0.507 e. The van der Waals surface area contributed by atoms with Gasteiger partial charge in [-0.2, -0.15) is 0 Å². The van der Waals surface area contributed by atoms with Crippen LogP contribution in [0.2, 0.25) is 0 Å². The fourth-order valence-corrected chi connectivity index (χ4v) is 4.72. The molecule has 6 nitrogen and oxygen atoms in total. The monoisotopic (exact) mass is 473 g/mol. The molecule has 1 aliphatic heterocycles. The molecule has 0 radical (unpaired) electrons. The Morgan fingerprint density at radius 3 is 2.53 bits per heavy atom. The van der Waals surface area contributed by atoms with Crippen molar-refractivity contribution in [3.8, 4) is 22.8 Å². The zero-order valence-electron chi connectivity index (χ0n) is 18.1. The smallest absolute Gasteiger partial charge is 0.341 e. The zero-order valence-corrected chi connectivity index (χ0v) is 18.1. The van der Waals surface area contributed by atoms with Crippen molar-refractivity contribution in [1.82, 2.24) is 4.98 Å². The maximum absolute atomic E-state index is 14.3. The Hall–Kier alpha value is -3.33. The SMILES string of the molecule is O=C(O)C1(F)CC(Oc2nc(C3CCOCC3)c(-c3ccc(F)c(F)c3)c3cccc(O)c23)C1. The maximum Gasteiger partial charge on any atom is 0.341 e.